The summed E-state index contributed by atoms with van der Waals surface area (Å²) < 4.78 is 110. The van der Waals surface area contributed by atoms with E-state index in [0.29, 0.717) is 6.07 Å². The molecule has 0 saturated heterocycles. The van der Waals surface area contributed by atoms with Crippen molar-refractivity contribution in [1.29, 1.82) is 0 Å². The van der Waals surface area contributed by atoms with Crippen LogP contribution in [0.15, 0.2) is 58.4 Å². The molecule has 0 aliphatic carbocycles. The van der Waals surface area contributed by atoms with Crippen molar-refractivity contribution in [2.24, 2.45) is 14.1 Å². The number of rotatable bonds is 5. The number of sulfonamides is 1. The molecular weight excluding hydrogens is 678 g/mol. The number of halogens is 6. The number of methoxy groups -OCH3 is 1. The van der Waals surface area contributed by atoms with Gasteiger partial charge in [-0.25, -0.2) is 22.8 Å². The summed E-state index contributed by atoms with van der Waals surface area (Å²) in [5.41, 5.74) is 0.155. The van der Waals surface area contributed by atoms with Gasteiger partial charge in [0.15, 0.2) is 0 Å². The highest BCUT2D eigenvalue weighted by atomic mass is 32.2. The Morgan fingerprint density at radius 1 is 0.896 bits per heavy atom. The number of aromatic amines is 1. The van der Waals surface area contributed by atoms with E-state index in [1.165, 1.54) is 48.0 Å². The molecule has 0 aliphatic rings. The Morgan fingerprint density at radius 2 is 1.40 bits per heavy atom. The molecule has 0 unspecified atom stereocenters. The lowest BCUT2D eigenvalue weighted by molar-refractivity contribution is -0.137. The summed E-state index contributed by atoms with van der Waals surface area (Å²) in [4.78, 5) is 39.8. The highest BCUT2D eigenvalue weighted by molar-refractivity contribution is 7.91. The first-order chi connectivity index (χ1) is 22.1. The van der Waals surface area contributed by atoms with Crippen LogP contribution in [0, 0.1) is 0 Å². The van der Waals surface area contributed by atoms with Gasteiger partial charge >= 0.3 is 24.0 Å². The highest BCUT2D eigenvalue weighted by Gasteiger charge is 2.37. The Kier molecular flexibility index (Phi) is 9.21. The number of benzene rings is 2. The Balaban J connectivity index is 0.000000224. The maximum Gasteiger partial charge on any atom is 0.417 e. The van der Waals surface area contributed by atoms with Gasteiger partial charge in [-0.15, -0.1) is 0 Å². The smallest absolute Gasteiger partial charge is 0.417 e. The van der Waals surface area contributed by atoms with Crippen molar-refractivity contribution in [2.75, 3.05) is 23.9 Å². The summed E-state index contributed by atoms with van der Waals surface area (Å²) in [6.45, 7) is 0. The molecule has 48 heavy (non-hydrogen) atoms. The van der Waals surface area contributed by atoms with E-state index in [2.05, 4.69) is 19.9 Å². The number of aryl methyl sites for hydroxylation is 2. The average Bonchev–Trinajstić information content (AvgIpc) is 3.60. The summed E-state index contributed by atoms with van der Waals surface area (Å²) in [6.07, 6.45) is -6.01. The second-order valence-electron chi connectivity index (χ2n) is 10.0. The molecule has 5 rings (SSSR count). The quantitative estimate of drug-likeness (QED) is 0.140. The highest BCUT2D eigenvalue weighted by Crippen LogP contribution is 2.40. The van der Waals surface area contributed by atoms with E-state index in [4.69, 9.17) is 5.73 Å². The number of nitrogen functional groups attached to an aromatic ring is 1. The van der Waals surface area contributed by atoms with Crippen molar-refractivity contribution in [2.45, 2.75) is 12.4 Å². The number of aromatic nitrogens is 6. The number of ether oxygens (including phenoxy) is 1. The number of fused-ring (bicyclic) bond motifs is 1. The molecule has 0 fully saturated rings. The van der Waals surface area contributed by atoms with Gasteiger partial charge in [-0.3, -0.25) is 14.2 Å². The SMILES string of the molecule is COC(=O)c1cc(-c2ccnn2C)c(C(F)(F)F)cc1N.Cn1nccc1-c1cc2c(=O)n(NS(C)(=O)=O)c(=O)[nH]c2cc1C(F)(F)F. The fourth-order valence-corrected chi connectivity index (χ4v) is 5.08. The second-order valence-corrected chi connectivity index (χ2v) is 11.8. The molecule has 0 aliphatic heterocycles. The van der Waals surface area contributed by atoms with E-state index in [0.717, 1.165) is 31.6 Å². The molecule has 0 amide bonds. The van der Waals surface area contributed by atoms with Gasteiger partial charge in [0, 0.05) is 43.3 Å². The number of nitrogens with one attached hydrogen (secondary N) is 2. The number of hydrogen-bond donors (Lipinski definition) is 3. The van der Waals surface area contributed by atoms with Gasteiger partial charge in [0.1, 0.15) is 0 Å². The van der Waals surface area contributed by atoms with Gasteiger partial charge in [-0.05, 0) is 36.4 Å². The molecule has 21 heteroatoms. The lowest BCUT2D eigenvalue weighted by Gasteiger charge is -2.16. The first-order valence-electron chi connectivity index (χ1n) is 13.1. The third-order valence-electron chi connectivity index (χ3n) is 6.69. The van der Waals surface area contributed by atoms with Crippen molar-refractivity contribution < 1.29 is 44.3 Å². The van der Waals surface area contributed by atoms with Crippen molar-refractivity contribution >= 4 is 32.6 Å². The van der Waals surface area contributed by atoms with Crippen molar-refractivity contribution in [1.82, 2.24) is 29.2 Å². The van der Waals surface area contributed by atoms with E-state index in [1.807, 2.05) is 0 Å². The number of H-pyrrole nitrogens is 1. The Bertz CT molecular complexity index is 2270. The van der Waals surface area contributed by atoms with E-state index in [-0.39, 0.29) is 49.3 Å². The number of hydrogen-bond acceptors (Lipinski definition) is 9. The minimum atomic E-state index is -4.77. The van der Waals surface area contributed by atoms with Gasteiger partial charge in [0.25, 0.3) is 5.56 Å². The van der Waals surface area contributed by atoms with Crippen molar-refractivity contribution in [3.05, 3.63) is 86.3 Å². The number of nitrogens with two attached hydrogens (primary N) is 1. The van der Waals surface area contributed by atoms with E-state index in [1.54, 1.807) is 4.83 Å². The number of esters is 1. The number of carbonyl (C=O) groups excluding carboxylic acids is 1. The predicted octanol–water partition coefficient (Wildman–Crippen LogP) is 3.09. The minimum absolute atomic E-state index is 0.0810. The summed E-state index contributed by atoms with van der Waals surface area (Å²) in [5.74, 6) is -0.801. The van der Waals surface area contributed by atoms with Crippen LogP contribution in [0.1, 0.15) is 21.5 Å². The van der Waals surface area contributed by atoms with Crippen LogP contribution < -0.4 is 21.8 Å². The van der Waals surface area contributed by atoms with Crippen molar-refractivity contribution in [3.8, 4) is 22.5 Å². The number of carbonyl (C=O) groups is 1. The number of alkyl halides is 6. The Hall–Kier alpha value is -5.60. The normalized spacial score (nSPS) is 12.0. The fourth-order valence-electron chi connectivity index (χ4n) is 4.58. The molecule has 4 N–H and O–H groups in total. The Labute approximate surface area is 265 Å². The van der Waals surface area contributed by atoms with Crippen LogP contribution in [0.2, 0.25) is 0 Å². The van der Waals surface area contributed by atoms with E-state index >= 15 is 0 Å². The van der Waals surface area contributed by atoms with Crippen LogP contribution in [0.5, 0.6) is 0 Å². The molecule has 0 bridgehead atoms. The fraction of sp³-hybridized carbons (Fsp3) is 0.222. The number of anilines is 1. The van der Waals surface area contributed by atoms with Crippen LogP contribution in [-0.2, 0) is 41.2 Å². The standard InChI is InChI=1S/C14H12F3N5O4S.C13H12F3N3O2/c1-21-11(3-4-18-21)7-5-8-10(6-9(7)14(15,16)17)19-13(24)22(12(8)23)20-27(2,25)26;1-19-11(3-4-18-19)7-5-8(12(20)21-2)10(17)6-9(7)13(14,15)16/h3-6,20H,1-2H3,(H,19,24);3-6H,17H2,1-2H3. The van der Waals surface area contributed by atoms with Crippen LogP contribution >= 0.6 is 0 Å². The molecule has 0 atom stereocenters. The van der Waals surface area contributed by atoms with E-state index in [9.17, 15) is 49.1 Å². The maximum atomic E-state index is 13.5. The van der Waals surface area contributed by atoms with Gasteiger partial charge < -0.3 is 15.5 Å². The minimum Gasteiger partial charge on any atom is -0.465 e. The zero-order valence-electron chi connectivity index (χ0n) is 25.1. The molecule has 14 nitrogen and oxygen atoms in total. The van der Waals surface area contributed by atoms with Crippen LogP contribution in [-0.4, -0.2) is 57.0 Å². The van der Waals surface area contributed by atoms with Gasteiger partial charge in [0.05, 0.1) is 52.3 Å². The molecule has 0 saturated carbocycles. The molecular formula is C27H24F6N8O6S. The third-order valence-corrected chi connectivity index (χ3v) is 7.21. The van der Waals surface area contributed by atoms with Crippen LogP contribution in [0.3, 0.4) is 0 Å². The summed E-state index contributed by atoms with van der Waals surface area (Å²) in [6, 6.07) is 6.12. The molecule has 256 valence electrons. The lowest BCUT2D eigenvalue weighted by atomic mass is 9.99. The first kappa shape index (κ1) is 35.3. The largest absolute Gasteiger partial charge is 0.465 e. The average molecular weight is 703 g/mol. The lowest BCUT2D eigenvalue weighted by Crippen LogP contribution is -2.43. The predicted molar refractivity (Wildman–Crippen MR) is 160 cm³/mol. The van der Waals surface area contributed by atoms with Gasteiger partial charge in [-0.2, -0.15) is 41.2 Å². The molecule has 0 spiro atoms. The summed E-state index contributed by atoms with van der Waals surface area (Å²) in [5, 5.41) is 7.34. The number of nitrogens with zero attached hydrogens (tertiary/aromatic N) is 5. The molecule has 3 aromatic heterocycles. The second kappa shape index (κ2) is 12.5. The first-order valence-corrected chi connectivity index (χ1v) is 15.0. The van der Waals surface area contributed by atoms with Crippen LogP contribution in [0.25, 0.3) is 33.4 Å². The zero-order valence-corrected chi connectivity index (χ0v) is 25.9. The molecule has 3 heterocycles. The topological polar surface area (TPSA) is 189 Å². The monoisotopic (exact) mass is 702 g/mol. The van der Waals surface area contributed by atoms with Gasteiger partial charge in [0.2, 0.25) is 10.0 Å². The van der Waals surface area contributed by atoms with Crippen molar-refractivity contribution in [3.63, 3.8) is 0 Å². The van der Waals surface area contributed by atoms with E-state index < -0.39 is 50.7 Å². The third kappa shape index (κ3) is 7.19. The molecule has 0 radical (unpaired) electrons. The molecule has 2 aromatic carbocycles. The maximum absolute atomic E-state index is 13.5. The summed E-state index contributed by atoms with van der Waals surface area (Å²) >= 11 is 0. The zero-order chi connectivity index (χ0) is 35.9. The summed E-state index contributed by atoms with van der Waals surface area (Å²) in [7, 11) is 0.0750. The Morgan fingerprint density at radius 3 is 1.83 bits per heavy atom. The molecule has 5 aromatic rings. The van der Waals surface area contributed by atoms with Gasteiger partial charge in [-0.1, -0.05) is 0 Å². The van der Waals surface area contributed by atoms with Crippen LogP contribution in [0.4, 0.5) is 32.0 Å².